The second kappa shape index (κ2) is 7.92. The Morgan fingerprint density at radius 1 is 1.11 bits per heavy atom. The summed E-state index contributed by atoms with van der Waals surface area (Å²) in [5.74, 6) is 0.291. The Bertz CT molecular complexity index is 983. The Morgan fingerprint density at radius 3 is 2.52 bits per heavy atom. The van der Waals surface area contributed by atoms with Crippen molar-refractivity contribution >= 4 is 34.8 Å². The Labute approximate surface area is 160 Å². The highest BCUT2D eigenvalue weighted by atomic mass is 35.5. The van der Waals surface area contributed by atoms with Crippen molar-refractivity contribution in [2.45, 2.75) is 6.92 Å². The average Bonchev–Trinajstić information content (AvgIpc) is 3.14. The maximum Gasteiger partial charge on any atom is 0.278 e. The SMILES string of the molecule is COc1ccc(-c2ocnc2C(=O)Nc2cc(NC(C)=O)ccc2Cl)cc1. The minimum Gasteiger partial charge on any atom is -0.497 e. The number of halogens is 1. The van der Waals surface area contributed by atoms with E-state index in [0.29, 0.717) is 33.5 Å². The molecule has 3 aromatic rings. The van der Waals surface area contributed by atoms with E-state index in [1.807, 2.05) is 0 Å². The van der Waals surface area contributed by atoms with Crippen molar-refractivity contribution in [1.29, 1.82) is 0 Å². The van der Waals surface area contributed by atoms with Gasteiger partial charge < -0.3 is 19.8 Å². The van der Waals surface area contributed by atoms with Gasteiger partial charge in [0.2, 0.25) is 5.91 Å². The summed E-state index contributed by atoms with van der Waals surface area (Å²) in [6, 6.07) is 11.8. The van der Waals surface area contributed by atoms with E-state index >= 15 is 0 Å². The van der Waals surface area contributed by atoms with Crippen molar-refractivity contribution in [3.8, 4) is 17.1 Å². The number of carbonyl (C=O) groups excluding carboxylic acids is 2. The molecular weight excluding hydrogens is 370 g/mol. The first-order chi connectivity index (χ1) is 13.0. The highest BCUT2D eigenvalue weighted by Crippen LogP contribution is 2.29. The van der Waals surface area contributed by atoms with Crippen LogP contribution in [0.5, 0.6) is 5.75 Å². The zero-order valence-electron chi connectivity index (χ0n) is 14.6. The molecule has 1 heterocycles. The minimum absolute atomic E-state index is 0.112. The van der Waals surface area contributed by atoms with Crippen LogP contribution in [0.1, 0.15) is 17.4 Å². The van der Waals surface area contributed by atoms with Gasteiger partial charge in [-0.2, -0.15) is 0 Å². The number of hydrogen-bond acceptors (Lipinski definition) is 5. The van der Waals surface area contributed by atoms with Gasteiger partial charge in [-0.1, -0.05) is 11.6 Å². The lowest BCUT2D eigenvalue weighted by Crippen LogP contribution is -2.14. The van der Waals surface area contributed by atoms with Gasteiger partial charge in [0.15, 0.2) is 17.8 Å². The number of benzene rings is 2. The summed E-state index contributed by atoms with van der Waals surface area (Å²) in [6.45, 7) is 1.39. The lowest BCUT2D eigenvalue weighted by atomic mass is 10.1. The van der Waals surface area contributed by atoms with E-state index in [1.54, 1.807) is 49.6 Å². The van der Waals surface area contributed by atoms with E-state index in [-0.39, 0.29) is 11.6 Å². The number of methoxy groups -OCH3 is 1. The van der Waals surface area contributed by atoms with Crippen LogP contribution in [0.25, 0.3) is 11.3 Å². The first kappa shape index (κ1) is 18.5. The summed E-state index contributed by atoms with van der Waals surface area (Å²) >= 11 is 6.14. The molecule has 2 N–H and O–H groups in total. The number of aromatic nitrogens is 1. The van der Waals surface area contributed by atoms with Crippen molar-refractivity contribution in [3.05, 3.63) is 59.6 Å². The van der Waals surface area contributed by atoms with Crippen LogP contribution in [0.4, 0.5) is 11.4 Å². The summed E-state index contributed by atoms with van der Waals surface area (Å²) in [4.78, 5) is 27.9. The van der Waals surface area contributed by atoms with Crippen LogP contribution in [-0.2, 0) is 4.79 Å². The fourth-order valence-corrected chi connectivity index (χ4v) is 2.60. The molecule has 0 aliphatic carbocycles. The first-order valence-electron chi connectivity index (χ1n) is 7.94. The molecule has 0 fully saturated rings. The van der Waals surface area contributed by atoms with Crippen LogP contribution in [-0.4, -0.2) is 23.9 Å². The number of rotatable bonds is 5. The molecule has 0 saturated heterocycles. The van der Waals surface area contributed by atoms with Crippen LogP contribution in [0.2, 0.25) is 5.02 Å². The van der Waals surface area contributed by atoms with E-state index in [9.17, 15) is 9.59 Å². The van der Waals surface area contributed by atoms with Crippen molar-refractivity contribution in [2.24, 2.45) is 0 Å². The maximum atomic E-state index is 12.7. The third kappa shape index (κ3) is 4.27. The number of ether oxygens (including phenoxy) is 1. The number of carbonyl (C=O) groups is 2. The number of hydrogen-bond donors (Lipinski definition) is 2. The number of nitrogens with zero attached hydrogens (tertiary/aromatic N) is 1. The largest absolute Gasteiger partial charge is 0.497 e. The molecule has 0 atom stereocenters. The number of nitrogens with one attached hydrogen (secondary N) is 2. The third-order valence-electron chi connectivity index (χ3n) is 3.67. The zero-order valence-corrected chi connectivity index (χ0v) is 15.3. The summed E-state index contributed by atoms with van der Waals surface area (Å²) < 4.78 is 10.5. The van der Waals surface area contributed by atoms with Crippen molar-refractivity contribution in [2.75, 3.05) is 17.7 Å². The Morgan fingerprint density at radius 2 is 1.85 bits per heavy atom. The standard InChI is InChI=1S/C19H16ClN3O4/c1-11(24)22-13-5-8-15(20)16(9-13)23-19(25)17-18(27-10-21-17)12-3-6-14(26-2)7-4-12/h3-10H,1-2H3,(H,22,24)(H,23,25). The highest BCUT2D eigenvalue weighted by molar-refractivity contribution is 6.34. The molecule has 0 saturated carbocycles. The lowest BCUT2D eigenvalue weighted by molar-refractivity contribution is -0.114. The molecule has 2 aromatic carbocycles. The normalized spacial score (nSPS) is 10.3. The van der Waals surface area contributed by atoms with Crippen molar-refractivity contribution < 1.29 is 18.7 Å². The van der Waals surface area contributed by atoms with Gasteiger partial charge in [-0.15, -0.1) is 0 Å². The number of oxazole rings is 1. The lowest BCUT2D eigenvalue weighted by Gasteiger charge is -2.09. The van der Waals surface area contributed by atoms with E-state index in [1.165, 1.54) is 13.3 Å². The minimum atomic E-state index is -0.489. The molecule has 0 unspecified atom stereocenters. The maximum absolute atomic E-state index is 12.7. The quantitative estimate of drug-likeness (QED) is 0.686. The molecule has 138 valence electrons. The zero-order chi connectivity index (χ0) is 19.4. The van der Waals surface area contributed by atoms with Crippen molar-refractivity contribution in [3.63, 3.8) is 0 Å². The topological polar surface area (TPSA) is 93.5 Å². The monoisotopic (exact) mass is 385 g/mol. The van der Waals surface area contributed by atoms with Gasteiger partial charge in [-0.05, 0) is 42.5 Å². The van der Waals surface area contributed by atoms with E-state index in [2.05, 4.69) is 15.6 Å². The fourth-order valence-electron chi connectivity index (χ4n) is 2.44. The van der Waals surface area contributed by atoms with Crippen LogP contribution >= 0.6 is 11.6 Å². The molecule has 8 heteroatoms. The highest BCUT2D eigenvalue weighted by Gasteiger charge is 2.19. The van der Waals surface area contributed by atoms with Gasteiger partial charge in [-0.3, -0.25) is 9.59 Å². The molecule has 0 aliphatic heterocycles. The van der Waals surface area contributed by atoms with Gasteiger partial charge in [0.1, 0.15) is 5.75 Å². The summed E-state index contributed by atoms with van der Waals surface area (Å²) in [5.41, 5.74) is 1.65. The van der Waals surface area contributed by atoms with Gasteiger partial charge in [-0.25, -0.2) is 4.98 Å². The number of amides is 2. The van der Waals surface area contributed by atoms with Gasteiger partial charge in [0.25, 0.3) is 5.91 Å². The number of anilines is 2. The Kier molecular flexibility index (Phi) is 5.42. The van der Waals surface area contributed by atoms with Crippen LogP contribution in [0, 0.1) is 0 Å². The second-order valence-electron chi connectivity index (χ2n) is 5.59. The Balaban J connectivity index is 1.85. The summed E-state index contributed by atoms with van der Waals surface area (Å²) in [6.07, 6.45) is 1.20. The predicted octanol–water partition coefficient (Wildman–Crippen LogP) is 4.21. The molecule has 2 amide bonds. The molecule has 7 nitrogen and oxygen atoms in total. The average molecular weight is 386 g/mol. The fraction of sp³-hybridized carbons (Fsp3) is 0.105. The Hall–Kier alpha value is -3.32. The van der Waals surface area contributed by atoms with Crippen molar-refractivity contribution in [1.82, 2.24) is 4.98 Å². The second-order valence-corrected chi connectivity index (χ2v) is 6.00. The third-order valence-corrected chi connectivity index (χ3v) is 4.00. The van der Waals surface area contributed by atoms with Gasteiger partial charge in [0, 0.05) is 18.2 Å². The van der Waals surface area contributed by atoms with Crippen LogP contribution < -0.4 is 15.4 Å². The van der Waals surface area contributed by atoms with Crippen LogP contribution in [0.3, 0.4) is 0 Å². The van der Waals surface area contributed by atoms with Gasteiger partial charge in [0.05, 0.1) is 17.8 Å². The molecular formula is C19H16ClN3O4. The molecule has 1 aromatic heterocycles. The smallest absolute Gasteiger partial charge is 0.278 e. The molecule has 0 aliphatic rings. The molecule has 27 heavy (non-hydrogen) atoms. The first-order valence-corrected chi connectivity index (χ1v) is 8.32. The van der Waals surface area contributed by atoms with Crippen LogP contribution in [0.15, 0.2) is 53.3 Å². The predicted molar refractivity (Wildman–Crippen MR) is 102 cm³/mol. The van der Waals surface area contributed by atoms with E-state index in [4.69, 9.17) is 20.8 Å². The summed E-state index contributed by atoms with van der Waals surface area (Å²) in [5, 5.41) is 5.65. The molecule has 0 bridgehead atoms. The van der Waals surface area contributed by atoms with Gasteiger partial charge >= 0.3 is 0 Å². The molecule has 0 spiro atoms. The summed E-state index contributed by atoms with van der Waals surface area (Å²) in [7, 11) is 1.57. The van der Waals surface area contributed by atoms with E-state index in [0.717, 1.165) is 0 Å². The molecule has 3 rings (SSSR count). The molecule has 0 radical (unpaired) electrons. The van der Waals surface area contributed by atoms with E-state index < -0.39 is 5.91 Å².